The SMILES string of the molecule is CC(=O)N1CCC(Nc2cc3c(cn2)C2(CC2)CN(CC(O)CN2CCc4ccccc4C2)C3=O)CC1. The van der Waals surface area contributed by atoms with Gasteiger partial charge in [0.1, 0.15) is 5.82 Å². The molecule has 2 fully saturated rings. The average molecular weight is 504 g/mol. The van der Waals surface area contributed by atoms with Crippen molar-refractivity contribution in [2.45, 2.75) is 63.1 Å². The Labute approximate surface area is 218 Å². The van der Waals surface area contributed by atoms with Gasteiger partial charge in [-0.05, 0) is 54.9 Å². The molecule has 1 atom stereocenters. The first-order chi connectivity index (χ1) is 17.9. The highest BCUT2D eigenvalue weighted by Crippen LogP contribution is 2.52. The lowest BCUT2D eigenvalue weighted by atomic mass is 9.87. The number of anilines is 1. The molecule has 1 unspecified atom stereocenters. The summed E-state index contributed by atoms with van der Waals surface area (Å²) < 4.78 is 0. The van der Waals surface area contributed by atoms with Crippen molar-refractivity contribution < 1.29 is 14.7 Å². The number of benzene rings is 1. The van der Waals surface area contributed by atoms with E-state index in [-0.39, 0.29) is 23.3 Å². The number of hydrogen-bond donors (Lipinski definition) is 2. The summed E-state index contributed by atoms with van der Waals surface area (Å²) in [5.41, 5.74) is 4.51. The van der Waals surface area contributed by atoms with Crippen molar-refractivity contribution in [3.05, 3.63) is 58.8 Å². The fourth-order valence-electron chi connectivity index (χ4n) is 6.42. The van der Waals surface area contributed by atoms with Gasteiger partial charge in [-0.15, -0.1) is 0 Å². The van der Waals surface area contributed by atoms with Gasteiger partial charge in [-0.1, -0.05) is 24.3 Å². The monoisotopic (exact) mass is 503 g/mol. The number of hydrogen-bond acceptors (Lipinski definition) is 6. The van der Waals surface area contributed by atoms with Crippen LogP contribution in [0.1, 0.15) is 59.7 Å². The van der Waals surface area contributed by atoms with E-state index in [2.05, 4.69) is 39.5 Å². The predicted octanol–water partition coefficient (Wildman–Crippen LogP) is 2.41. The van der Waals surface area contributed by atoms with Crippen LogP contribution in [0.5, 0.6) is 0 Å². The van der Waals surface area contributed by atoms with Crippen molar-refractivity contribution in [1.29, 1.82) is 0 Å². The lowest BCUT2D eigenvalue weighted by molar-refractivity contribution is -0.129. The number of piperidine rings is 1. The largest absolute Gasteiger partial charge is 0.390 e. The Morgan fingerprint density at radius 2 is 1.92 bits per heavy atom. The summed E-state index contributed by atoms with van der Waals surface area (Å²) in [6, 6.07) is 10.7. The molecule has 1 aromatic heterocycles. The molecule has 1 saturated carbocycles. The fourth-order valence-corrected chi connectivity index (χ4v) is 6.42. The van der Waals surface area contributed by atoms with Crippen LogP contribution in [0.4, 0.5) is 5.82 Å². The number of nitrogens with zero attached hydrogens (tertiary/aromatic N) is 4. The number of aliphatic hydroxyl groups is 1. The number of likely N-dealkylation sites (tertiary alicyclic amines) is 1. The van der Waals surface area contributed by atoms with Crippen LogP contribution in [0.3, 0.4) is 0 Å². The quantitative estimate of drug-likeness (QED) is 0.630. The Hall–Kier alpha value is -2.97. The number of pyridine rings is 1. The first-order valence-electron chi connectivity index (χ1n) is 13.7. The zero-order chi connectivity index (χ0) is 25.6. The molecule has 4 heterocycles. The zero-order valence-electron chi connectivity index (χ0n) is 21.7. The molecule has 0 bridgehead atoms. The van der Waals surface area contributed by atoms with Crippen molar-refractivity contribution in [2.24, 2.45) is 0 Å². The Balaban J connectivity index is 1.11. The van der Waals surface area contributed by atoms with Crippen LogP contribution in [0.15, 0.2) is 36.5 Å². The van der Waals surface area contributed by atoms with Crippen LogP contribution in [0, 0.1) is 0 Å². The molecule has 0 radical (unpaired) electrons. The summed E-state index contributed by atoms with van der Waals surface area (Å²) in [4.78, 5) is 35.9. The number of β-amino-alcohol motifs (C(OH)–C–C–N with tert-alkyl or cyclic N) is 1. The van der Waals surface area contributed by atoms with E-state index in [4.69, 9.17) is 0 Å². The van der Waals surface area contributed by atoms with E-state index in [1.807, 2.05) is 22.1 Å². The number of amides is 2. The van der Waals surface area contributed by atoms with E-state index in [1.54, 1.807) is 6.92 Å². The van der Waals surface area contributed by atoms with Gasteiger partial charge in [-0.3, -0.25) is 14.5 Å². The summed E-state index contributed by atoms with van der Waals surface area (Å²) in [5, 5.41) is 14.5. The summed E-state index contributed by atoms with van der Waals surface area (Å²) in [7, 11) is 0. The van der Waals surface area contributed by atoms with Gasteiger partial charge in [0.15, 0.2) is 0 Å². The molecule has 2 aromatic rings. The first-order valence-corrected chi connectivity index (χ1v) is 13.7. The lowest BCUT2D eigenvalue weighted by Crippen LogP contribution is -2.49. The first kappa shape index (κ1) is 24.4. The Bertz CT molecular complexity index is 1190. The highest BCUT2D eigenvalue weighted by molar-refractivity contribution is 5.98. The predicted molar refractivity (Wildman–Crippen MR) is 141 cm³/mol. The molecule has 1 aromatic carbocycles. The zero-order valence-corrected chi connectivity index (χ0v) is 21.7. The Morgan fingerprint density at radius 1 is 1.16 bits per heavy atom. The molecule has 1 saturated heterocycles. The number of carbonyl (C=O) groups excluding carboxylic acids is 2. The molecule has 37 heavy (non-hydrogen) atoms. The van der Waals surface area contributed by atoms with Gasteiger partial charge in [0.05, 0.1) is 6.10 Å². The van der Waals surface area contributed by atoms with Crippen molar-refractivity contribution in [3.8, 4) is 0 Å². The Kier molecular flexibility index (Phi) is 6.41. The molecule has 8 heteroatoms. The maximum Gasteiger partial charge on any atom is 0.254 e. The van der Waals surface area contributed by atoms with E-state index in [9.17, 15) is 14.7 Å². The van der Waals surface area contributed by atoms with Crippen LogP contribution in [0.2, 0.25) is 0 Å². The third kappa shape index (κ3) is 4.97. The van der Waals surface area contributed by atoms with Gasteiger partial charge >= 0.3 is 0 Å². The highest BCUT2D eigenvalue weighted by atomic mass is 16.3. The average Bonchev–Trinajstić information content (AvgIpc) is 3.67. The second-order valence-electron chi connectivity index (χ2n) is 11.4. The van der Waals surface area contributed by atoms with Gasteiger partial charge in [0.2, 0.25) is 5.91 Å². The van der Waals surface area contributed by atoms with Crippen LogP contribution in [-0.2, 0) is 23.2 Å². The fraction of sp³-hybridized carbons (Fsp3) is 0.552. The molecular weight excluding hydrogens is 466 g/mol. The maximum atomic E-state index is 13.6. The molecule has 196 valence electrons. The van der Waals surface area contributed by atoms with E-state index >= 15 is 0 Å². The van der Waals surface area contributed by atoms with E-state index in [0.717, 1.165) is 75.2 Å². The Morgan fingerprint density at radius 3 is 2.65 bits per heavy atom. The van der Waals surface area contributed by atoms with Crippen LogP contribution >= 0.6 is 0 Å². The summed E-state index contributed by atoms with van der Waals surface area (Å²) >= 11 is 0. The summed E-state index contributed by atoms with van der Waals surface area (Å²) in [6.45, 7) is 6.47. The summed E-state index contributed by atoms with van der Waals surface area (Å²) in [6.07, 6.45) is 6.16. The molecule has 4 aliphatic rings. The molecule has 1 aliphatic carbocycles. The topological polar surface area (TPSA) is 89.0 Å². The van der Waals surface area contributed by atoms with Crippen LogP contribution in [0.25, 0.3) is 0 Å². The number of carbonyl (C=O) groups is 2. The van der Waals surface area contributed by atoms with Gasteiger partial charge < -0.3 is 20.2 Å². The smallest absolute Gasteiger partial charge is 0.254 e. The second kappa shape index (κ2) is 9.72. The number of rotatable bonds is 6. The molecule has 2 N–H and O–H groups in total. The maximum absolute atomic E-state index is 13.6. The normalized spacial score (nSPS) is 21.9. The molecule has 2 amide bonds. The minimum absolute atomic E-state index is 0.00702. The molecular formula is C29H37N5O3. The van der Waals surface area contributed by atoms with Crippen molar-refractivity contribution in [2.75, 3.05) is 44.6 Å². The number of fused-ring (bicyclic) bond motifs is 3. The third-order valence-corrected chi connectivity index (χ3v) is 8.74. The van der Waals surface area contributed by atoms with Gasteiger partial charge in [0.25, 0.3) is 5.91 Å². The van der Waals surface area contributed by atoms with Gasteiger partial charge in [0, 0.05) is 76.0 Å². The highest BCUT2D eigenvalue weighted by Gasteiger charge is 2.52. The van der Waals surface area contributed by atoms with E-state index in [0.29, 0.717) is 19.6 Å². The van der Waals surface area contributed by atoms with Crippen molar-refractivity contribution in [1.82, 2.24) is 19.7 Å². The molecule has 1 spiro atoms. The minimum Gasteiger partial charge on any atom is -0.390 e. The van der Waals surface area contributed by atoms with Crippen molar-refractivity contribution in [3.63, 3.8) is 0 Å². The standard InChI is InChI=1S/C29H37N5O3/c1-20(35)33-12-7-23(8-13-33)31-27-14-25-26(15-30-27)29(9-10-29)19-34(28(25)37)18-24(36)17-32-11-6-21-4-2-3-5-22(21)16-32/h2-5,14-15,23-24,36H,6-13,16-19H2,1H3,(H,30,31). The molecule has 3 aliphatic heterocycles. The molecule has 8 nitrogen and oxygen atoms in total. The van der Waals surface area contributed by atoms with E-state index < -0.39 is 6.10 Å². The van der Waals surface area contributed by atoms with Crippen LogP contribution in [-0.4, -0.2) is 88.0 Å². The number of aromatic nitrogens is 1. The van der Waals surface area contributed by atoms with Crippen LogP contribution < -0.4 is 5.32 Å². The van der Waals surface area contributed by atoms with Gasteiger partial charge in [-0.2, -0.15) is 0 Å². The van der Waals surface area contributed by atoms with Gasteiger partial charge in [-0.25, -0.2) is 4.98 Å². The summed E-state index contributed by atoms with van der Waals surface area (Å²) in [5.74, 6) is 0.837. The minimum atomic E-state index is -0.586. The van der Waals surface area contributed by atoms with Crippen molar-refractivity contribution >= 4 is 17.6 Å². The number of nitrogens with one attached hydrogen (secondary N) is 1. The lowest BCUT2D eigenvalue weighted by Gasteiger charge is -2.37. The number of aliphatic hydroxyl groups excluding tert-OH is 1. The molecule has 6 rings (SSSR count). The second-order valence-corrected chi connectivity index (χ2v) is 11.4. The third-order valence-electron chi connectivity index (χ3n) is 8.74. The van der Waals surface area contributed by atoms with E-state index in [1.165, 1.54) is 11.1 Å².